The first-order valence-electron chi connectivity index (χ1n) is 13.0. The second kappa shape index (κ2) is 12.3. The van der Waals surface area contributed by atoms with Crippen LogP contribution in [0.25, 0.3) is 11.0 Å². The minimum atomic E-state index is -4.55. The number of fused-ring (bicyclic) bond motifs is 1. The van der Waals surface area contributed by atoms with E-state index in [2.05, 4.69) is 20.6 Å². The van der Waals surface area contributed by atoms with Gasteiger partial charge in [-0.05, 0) is 55.2 Å². The van der Waals surface area contributed by atoms with Gasteiger partial charge in [0.15, 0.2) is 17.0 Å². The normalized spacial score (nSPS) is 13.2. The molecule has 2 amide bonds. The summed E-state index contributed by atoms with van der Waals surface area (Å²) in [6.45, 7) is 5.45. The van der Waals surface area contributed by atoms with Crippen molar-refractivity contribution in [2.75, 3.05) is 10.6 Å². The SMILES string of the molecule is Cc1csc(N[C@H](C(=O)Nc2nc3cc(C(N)=O)ccc3n2Cc2cccc(C(F)(F)F)c2)C(=O)[C@@H](N)CC(C)C)n1. The monoisotopic (exact) mass is 601 g/mol. The van der Waals surface area contributed by atoms with Gasteiger partial charge in [-0.2, -0.15) is 13.2 Å². The molecule has 4 rings (SSSR count). The standard InChI is InChI=1S/C28H30F3N7O3S/c1-14(2)9-19(32)23(39)22(36-27-34-15(3)13-42-27)25(41)37-26-35-20-11-17(24(33)40)7-8-21(20)38(26)12-16-5-4-6-18(10-16)28(29,30)31/h4-8,10-11,13-14,19,22H,9,12,32H2,1-3H3,(H2,33,40)(H,34,36)(H,35,37,41)/t19-,22-/m0/s1. The molecule has 2 aromatic heterocycles. The lowest BCUT2D eigenvalue weighted by Gasteiger charge is -2.21. The van der Waals surface area contributed by atoms with Crippen molar-refractivity contribution in [3.63, 3.8) is 0 Å². The fourth-order valence-electron chi connectivity index (χ4n) is 4.40. The van der Waals surface area contributed by atoms with E-state index in [9.17, 15) is 27.6 Å². The molecule has 0 fully saturated rings. The molecule has 2 aromatic carbocycles. The summed E-state index contributed by atoms with van der Waals surface area (Å²) in [5, 5.41) is 7.60. The van der Waals surface area contributed by atoms with Crippen molar-refractivity contribution in [2.24, 2.45) is 17.4 Å². The number of carbonyl (C=O) groups excluding carboxylic acids is 3. The number of nitrogens with zero attached hydrogens (tertiary/aromatic N) is 3. The van der Waals surface area contributed by atoms with Gasteiger partial charge in [-0.25, -0.2) is 9.97 Å². The number of ketones is 1. The van der Waals surface area contributed by atoms with Crippen molar-refractivity contribution < 1.29 is 27.6 Å². The molecule has 0 aliphatic heterocycles. The molecule has 2 heterocycles. The van der Waals surface area contributed by atoms with Crippen LogP contribution < -0.4 is 22.1 Å². The Morgan fingerprint density at radius 3 is 2.45 bits per heavy atom. The number of hydrogen-bond donors (Lipinski definition) is 4. The molecule has 0 spiro atoms. The van der Waals surface area contributed by atoms with Crippen LogP contribution in [0, 0.1) is 12.8 Å². The Bertz CT molecular complexity index is 1630. The number of amides is 2. The molecule has 0 saturated carbocycles. The second-order valence-corrected chi connectivity index (χ2v) is 11.1. The molecule has 0 radical (unpaired) electrons. The van der Waals surface area contributed by atoms with Gasteiger partial charge in [0.2, 0.25) is 11.9 Å². The maximum absolute atomic E-state index is 13.6. The molecule has 42 heavy (non-hydrogen) atoms. The van der Waals surface area contributed by atoms with Gasteiger partial charge in [0.25, 0.3) is 5.91 Å². The smallest absolute Gasteiger partial charge is 0.366 e. The lowest BCUT2D eigenvalue weighted by molar-refractivity contribution is -0.137. The number of halogens is 3. The molecule has 10 nitrogen and oxygen atoms in total. The van der Waals surface area contributed by atoms with E-state index in [1.165, 1.54) is 46.2 Å². The summed E-state index contributed by atoms with van der Waals surface area (Å²) in [5.41, 5.74) is 12.5. The highest BCUT2D eigenvalue weighted by atomic mass is 32.1. The molecule has 0 bridgehead atoms. The maximum Gasteiger partial charge on any atom is 0.416 e. The third kappa shape index (κ3) is 7.12. The summed E-state index contributed by atoms with van der Waals surface area (Å²) in [4.78, 5) is 47.5. The van der Waals surface area contributed by atoms with Gasteiger partial charge in [-0.1, -0.05) is 26.0 Å². The summed E-state index contributed by atoms with van der Waals surface area (Å²) in [6, 6.07) is 6.75. The van der Waals surface area contributed by atoms with Crippen LogP contribution >= 0.6 is 11.3 Å². The number of hydrogen-bond acceptors (Lipinski definition) is 8. The number of anilines is 2. The number of nitrogens with two attached hydrogens (primary N) is 2. The first kappa shape index (κ1) is 30.7. The van der Waals surface area contributed by atoms with Crippen molar-refractivity contribution in [3.8, 4) is 0 Å². The van der Waals surface area contributed by atoms with Crippen LogP contribution in [0.5, 0.6) is 0 Å². The van der Waals surface area contributed by atoms with Gasteiger partial charge in [-0.15, -0.1) is 11.3 Å². The van der Waals surface area contributed by atoms with Crippen LogP contribution in [-0.4, -0.2) is 44.2 Å². The molecule has 0 aliphatic carbocycles. The van der Waals surface area contributed by atoms with E-state index in [1.807, 2.05) is 13.8 Å². The second-order valence-electron chi connectivity index (χ2n) is 10.3. The minimum absolute atomic E-state index is 0.0543. The zero-order chi connectivity index (χ0) is 30.8. The molecule has 2 atom stereocenters. The molecule has 0 saturated heterocycles. The lowest BCUT2D eigenvalue weighted by Crippen LogP contribution is -2.49. The van der Waals surface area contributed by atoms with Gasteiger partial charge in [0, 0.05) is 10.9 Å². The molecule has 222 valence electrons. The maximum atomic E-state index is 13.6. The minimum Gasteiger partial charge on any atom is -0.366 e. The molecule has 6 N–H and O–H groups in total. The zero-order valence-electron chi connectivity index (χ0n) is 23.0. The molecule has 14 heteroatoms. The van der Waals surface area contributed by atoms with Crippen LogP contribution in [0.15, 0.2) is 47.8 Å². The number of thiazole rings is 1. The Kier molecular flexibility index (Phi) is 8.97. The highest BCUT2D eigenvalue weighted by Gasteiger charge is 2.33. The van der Waals surface area contributed by atoms with Crippen LogP contribution in [0.2, 0.25) is 0 Å². The van der Waals surface area contributed by atoms with Crippen LogP contribution in [-0.2, 0) is 22.3 Å². The van der Waals surface area contributed by atoms with Crippen molar-refractivity contribution >= 4 is 51.0 Å². The van der Waals surface area contributed by atoms with E-state index in [1.54, 1.807) is 12.3 Å². The summed E-state index contributed by atoms with van der Waals surface area (Å²) in [5.74, 6) is -2.02. The number of alkyl halides is 3. The quantitative estimate of drug-likeness (QED) is 0.186. The Labute approximate surface area is 243 Å². The lowest BCUT2D eigenvalue weighted by atomic mass is 9.96. The van der Waals surface area contributed by atoms with E-state index in [0.29, 0.717) is 22.8 Å². The van der Waals surface area contributed by atoms with E-state index < -0.39 is 41.4 Å². The third-order valence-electron chi connectivity index (χ3n) is 6.39. The van der Waals surface area contributed by atoms with Crippen molar-refractivity contribution in [3.05, 3.63) is 70.2 Å². The van der Waals surface area contributed by atoms with Gasteiger partial charge in [0.1, 0.15) is 0 Å². The van der Waals surface area contributed by atoms with Crippen LogP contribution in [0.4, 0.5) is 24.3 Å². The predicted molar refractivity (Wildman–Crippen MR) is 154 cm³/mol. The predicted octanol–water partition coefficient (Wildman–Crippen LogP) is 4.33. The number of primary amides is 1. The van der Waals surface area contributed by atoms with E-state index >= 15 is 0 Å². The molecule has 0 unspecified atom stereocenters. The Morgan fingerprint density at radius 1 is 1.10 bits per heavy atom. The summed E-state index contributed by atoms with van der Waals surface area (Å²) >= 11 is 1.21. The first-order chi connectivity index (χ1) is 19.7. The van der Waals surface area contributed by atoms with Crippen molar-refractivity contribution in [2.45, 2.75) is 52.0 Å². The largest absolute Gasteiger partial charge is 0.416 e. The number of aromatic nitrogens is 3. The van der Waals surface area contributed by atoms with Crippen molar-refractivity contribution in [1.82, 2.24) is 14.5 Å². The Morgan fingerprint density at radius 2 is 1.83 bits per heavy atom. The number of Topliss-reactive ketones (excluding diaryl/α,β-unsaturated/α-hetero) is 1. The number of rotatable bonds is 11. The van der Waals surface area contributed by atoms with E-state index in [4.69, 9.17) is 11.5 Å². The molecular formula is C28H30F3N7O3S. The first-order valence-corrected chi connectivity index (χ1v) is 13.9. The number of imidazole rings is 1. The third-order valence-corrected chi connectivity index (χ3v) is 7.28. The number of benzene rings is 2. The Balaban J connectivity index is 1.74. The van der Waals surface area contributed by atoms with Crippen LogP contribution in [0.1, 0.15) is 47.4 Å². The number of carbonyl (C=O) groups is 3. The average Bonchev–Trinajstić information content (AvgIpc) is 3.48. The number of aryl methyl sites for hydroxylation is 1. The highest BCUT2D eigenvalue weighted by Crippen LogP contribution is 2.30. The van der Waals surface area contributed by atoms with Gasteiger partial charge >= 0.3 is 6.18 Å². The molecular weight excluding hydrogens is 571 g/mol. The fourth-order valence-corrected chi connectivity index (χ4v) is 5.11. The van der Waals surface area contributed by atoms with Gasteiger partial charge in [-0.3, -0.25) is 19.7 Å². The van der Waals surface area contributed by atoms with E-state index in [0.717, 1.165) is 12.1 Å². The summed E-state index contributed by atoms with van der Waals surface area (Å²) in [6.07, 6.45) is -4.21. The van der Waals surface area contributed by atoms with E-state index in [-0.39, 0.29) is 35.1 Å². The molecule has 0 aliphatic rings. The Hall–Kier alpha value is -4.30. The van der Waals surface area contributed by atoms with Crippen molar-refractivity contribution in [1.29, 1.82) is 0 Å². The molecule has 4 aromatic rings. The van der Waals surface area contributed by atoms with Crippen LogP contribution in [0.3, 0.4) is 0 Å². The fraction of sp³-hybridized carbons (Fsp3) is 0.321. The zero-order valence-corrected chi connectivity index (χ0v) is 23.8. The van der Waals surface area contributed by atoms with Gasteiger partial charge < -0.3 is 21.4 Å². The number of nitrogens with one attached hydrogen (secondary N) is 2. The average molecular weight is 602 g/mol. The summed E-state index contributed by atoms with van der Waals surface area (Å²) in [7, 11) is 0. The highest BCUT2D eigenvalue weighted by molar-refractivity contribution is 7.13. The van der Waals surface area contributed by atoms with Gasteiger partial charge in [0.05, 0.1) is 34.9 Å². The topological polar surface area (TPSA) is 158 Å². The summed E-state index contributed by atoms with van der Waals surface area (Å²) < 4.78 is 41.6.